The van der Waals surface area contributed by atoms with Crippen LogP contribution in [0.1, 0.15) is 21.9 Å². The summed E-state index contributed by atoms with van der Waals surface area (Å²) in [7, 11) is 0. The van der Waals surface area contributed by atoms with Crippen LogP contribution in [-0.2, 0) is 6.42 Å². The van der Waals surface area contributed by atoms with Gasteiger partial charge >= 0.3 is 5.97 Å². The van der Waals surface area contributed by atoms with E-state index in [1.807, 2.05) is 11.8 Å². The topological polar surface area (TPSA) is 62.2 Å². The molecule has 2 N–H and O–H groups in total. The van der Waals surface area contributed by atoms with Gasteiger partial charge in [0.25, 0.3) is 0 Å². The highest BCUT2D eigenvalue weighted by Gasteiger charge is 2.14. The van der Waals surface area contributed by atoms with Gasteiger partial charge in [-0.25, -0.2) is 9.78 Å². The number of aromatic nitrogens is 1. The van der Waals surface area contributed by atoms with E-state index in [2.05, 4.69) is 10.3 Å². The molecule has 1 unspecified atom stereocenters. The van der Waals surface area contributed by atoms with Gasteiger partial charge in [0.2, 0.25) is 0 Å². The molecule has 2 heterocycles. The van der Waals surface area contributed by atoms with Gasteiger partial charge in [-0.2, -0.15) is 11.8 Å². The zero-order valence-electron chi connectivity index (χ0n) is 8.81. The fourth-order valence-electron chi connectivity index (χ4n) is 1.60. The number of carboxylic acids is 1. The predicted octanol–water partition coefficient (Wildman–Crippen LogP) is 1.48. The highest BCUT2D eigenvalue weighted by atomic mass is 32.2. The van der Waals surface area contributed by atoms with E-state index in [1.165, 1.54) is 29.3 Å². The number of thioether (sulfide) groups is 1. The lowest BCUT2D eigenvalue weighted by Crippen LogP contribution is -2.30. The molecule has 0 saturated carbocycles. The molecule has 0 aliphatic carbocycles. The second-order valence-electron chi connectivity index (χ2n) is 3.70. The SMILES string of the molecule is O=C(O)c1csc(CCNC2CCSC2)n1. The number of hydrogen-bond donors (Lipinski definition) is 2. The van der Waals surface area contributed by atoms with Crippen molar-refractivity contribution in [2.24, 2.45) is 0 Å². The Labute approximate surface area is 102 Å². The van der Waals surface area contributed by atoms with Crippen LogP contribution in [0.3, 0.4) is 0 Å². The zero-order chi connectivity index (χ0) is 11.4. The summed E-state index contributed by atoms with van der Waals surface area (Å²) in [5.41, 5.74) is 0.163. The molecule has 6 heteroatoms. The lowest BCUT2D eigenvalue weighted by atomic mass is 10.2. The first-order chi connectivity index (χ1) is 7.75. The molecule has 4 nitrogen and oxygen atoms in total. The van der Waals surface area contributed by atoms with Crippen LogP contribution < -0.4 is 5.32 Å². The van der Waals surface area contributed by atoms with Gasteiger partial charge in [-0.05, 0) is 12.2 Å². The molecule has 1 aromatic rings. The zero-order valence-corrected chi connectivity index (χ0v) is 10.4. The largest absolute Gasteiger partial charge is 0.476 e. The van der Waals surface area contributed by atoms with Crippen LogP contribution in [0, 0.1) is 0 Å². The number of carbonyl (C=O) groups is 1. The fraction of sp³-hybridized carbons (Fsp3) is 0.600. The van der Waals surface area contributed by atoms with Crippen LogP contribution in [0.4, 0.5) is 0 Å². The van der Waals surface area contributed by atoms with Gasteiger partial charge in [0.05, 0.1) is 5.01 Å². The van der Waals surface area contributed by atoms with Crippen molar-refractivity contribution in [2.75, 3.05) is 18.1 Å². The Kier molecular flexibility index (Phi) is 4.20. The lowest BCUT2D eigenvalue weighted by Gasteiger charge is -2.09. The number of rotatable bonds is 5. The van der Waals surface area contributed by atoms with Gasteiger partial charge in [0.15, 0.2) is 5.69 Å². The summed E-state index contributed by atoms with van der Waals surface area (Å²) >= 11 is 3.41. The minimum absolute atomic E-state index is 0.163. The van der Waals surface area contributed by atoms with Gasteiger partial charge in [-0.15, -0.1) is 11.3 Å². The normalized spacial score (nSPS) is 20.1. The third kappa shape index (κ3) is 3.20. The van der Waals surface area contributed by atoms with E-state index in [1.54, 1.807) is 5.38 Å². The molecule has 0 bridgehead atoms. The summed E-state index contributed by atoms with van der Waals surface area (Å²) in [6.45, 7) is 0.887. The maximum Gasteiger partial charge on any atom is 0.355 e. The number of carboxylic acid groups (broad SMARTS) is 1. The molecule has 1 aliphatic heterocycles. The second-order valence-corrected chi connectivity index (χ2v) is 5.79. The minimum atomic E-state index is -0.942. The Morgan fingerprint density at radius 2 is 2.56 bits per heavy atom. The van der Waals surface area contributed by atoms with E-state index in [-0.39, 0.29) is 5.69 Å². The average Bonchev–Trinajstić information content (AvgIpc) is 2.87. The van der Waals surface area contributed by atoms with Crippen molar-refractivity contribution in [1.82, 2.24) is 10.3 Å². The molecule has 0 amide bonds. The molecular formula is C10H14N2O2S2. The third-order valence-electron chi connectivity index (χ3n) is 2.47. The molecule has 88 valence electrons. The number of thiazole rings is 1. The first-order valence-electron chi connectivity index (χ1n) is 5.24. The van der Waals surface area contributed by atoms with Gasteiger partial charge < -0.3 is 10.4 Å². The Morgan fingerprint density at radius 3 is 3.19 bits per heavy atom. The summed E-state index contributed by atoms with van der Waals surface area (Å²) in [6, 6.07) is 0.629. The van der Waals surface area contributed by atoms with Crippen molar-refractivity contribution in [3.8, 4) is 0 Å². The summed E-state index contributed by atoms with van der Waals surface area (Å²) in [4.78, 5) is 14.7. The Bertz CT molecular complexity index is 361. The highest BCUT2D eigenvalue weighted by Crippen LogP contribution is 2.17. The van der Waals surface area contributed by atoms with Crippen LogP contribution in [0.25, 0.3) is 0 Å². The Balaban J connectivity index is 1.74. The van der Waals surface area contributed by atoms with E-state index < -0.39 is 5.97 Å². The van der Waals surface area contributed by atoms with E-state index in [0.29, 0.717) is 6.04 Å². The monoisotopic (exact) mass is 258 g/mol. The molecule has 1 aliphatic rings. The minimum Gasteiger partial charge on any atom is -0.476 e. The van der Waals surface area contributed by atoms with Crippen molar-refractivity contribution in [3.05, 3.63) is 16.1 Å². The number of nitrogens with one attached hydrogen (secondary N) is 1. The van der Waals surface area contributed by atoms with Crippen molar-refractivity contribution in [2.45, 2.75) is 18.9 Å². The molecule has 1 fully saturated rings. The fourth-order valence-corrected chi connectivity index (χ4v) is 3.56. The van der Waals surface area contributed by atoms with Crippen LogP contribution in [-0.4, -0.2) is 40.2 Å². The van der Waals surface area contributed by atoms with E-state index >= 15 is 0 Å². The lowest BCUT2D eigenvalue weighted by molar-refractivity contribution is 0.0691. The van der Waals surface area contributed by atoms with Gasteiger partial charge in [0.1, 0.15) is 0 Å². The predicted molar refractivity (Wildman–Crippen MR) is 66.5 cm³/mol. The second kappa shape index (κ2) is 5.65. The van der Waals surface area contributed by atoms with Crippen LogP contribution in [0.5, 0.6) is 0 Å². The molecule has 1 saturated heterocycles. The smallest absolute Gasteiger partial charge is 0.355 e. The number of hydrogen-bond acceptors (Lipinski definition) is 5. The van der Waals surface area contributed by atoms with Gasteiger partial charge in [0, 0.05) is 30.1 Å². The van der Waals surface area contributed by atoms with E-state index in [9.17, 15) is 4.79 Å². The van der Waals surface area contributed by atoms with Crippen molar-refractivity contribution in [3.63, 3.8) is 0 Å². The van der Waals surface area contributed by atoms with Crippen molar-refractivity contribution in [1.29, 1.82) is 0 Å². The molecule has 1 aromatic heterocycles. The standard InChI is InChI=1S/C10H14N2O2S2/c13-10(14)8-6-16-9(12-8)1-3-11-7-2-4-15-5-7/h6-7,11H,1-5H2,(H,13,14). The summed E-state index contributed by atoms with van der Waals surface area (Å²) in [6.07, 6.45) is 2.06. The highest BCUT2D eigenvalue weighted by molar-refractivity contribution is 7.99. The summed E-state index contributed by atoms with van der Waals surface area (Å²) in [5, 5.41) is 14.7. The molecule has 16 heavy (non-hydrogen) atoms. The van der Waals surface area contributed by atoms with Crippen molar-refractivity contribution < 1.29 is 9.90 Å². The van der Waals surface area contributed by atoms with Crippen molar-refractivity contribution >= 4 is 29.1 Å². The molecule has 0 spiro atoms. The first kappa shape index (κ1) is 11.9. The maximum atomic E-state index is 10.6. The van der Waals surface area contributed by atoms with Crippen LogP contribution >= 0.6 is 23.1 Å². The maximum absolute atomic E-state index is 10.6. The van der Waals surface area contributed by atoms with E-state index in [4.69, 9.17) is 5.11 Å². The Morgan fingerprint density at radius 1 is 1.69 bits per heavy atom. The third-order valence-corrected chi connectivity index (χ3v) is 4.54. The van der Waals surface area contributed by atoms with E-state index in [0.717, 1.165) is 18.0 Å². The quantitative estimate of drug-likeness (QED) is 0.837. The molecule has 0 aromatic carbocycles. The number of aromatic carboxylic acids is 1. The molecule has 2 rings (SSSR count). The van der Waals surface area contributed by atoms with Gasteiger partial charge in [-0.1, -0.05) is 0 Å². The summed E-state index contributed by atoms with van der Waals surface area (Å²) in [5.74, 6) is 1.50. The van der Waals surface area contributed by atoms with Crippen LogP contribution in [0.15, 0.2) is 5.38 Å². The average molecular weight is 258 g/mol. The molecule has 0 radical (unpaired) electrons. The summed E-state index contributed by atoms with van der Waals surface area (Å²) < 4.78 is 0. The van der Waals surface area contributed by atoms with Gasteiger partial charge in [-0.3, -0.25) is 0 Å². The Hall–Kier alpha value is -0.590. The molecular weight excluding hydrogens is 244 g/mol. The first-order valence-corrected chi connectivity index (χ1v) is 7.28. The molecule has 1 atom stereocenters. The van der Waals surface area contributed by atoms with Crippen LogP contribution in [0.2, 0.25) is 0 Å². The number of nitrogens with zero attached hydrogens (tertiary/aromatic N) is 1.